The van der Waals surface area contributed by atoms with Crippen molar-refractivity contribution < 1.29 is 18.0 Å². The van der Waals surface area contributed by atoms with Gasteiger partial charge in [0.2, 0.25) is 21.8 Å². The van der Waals surface area contributed by atoms with Crippen LogP contribution >= 0.6 is 0 Å². The van der Waals surface area contributed by atoms with Gasteiger partial charge in [-0.1, -0.05) is 36.4 Å². The summed E-state index contributed by atoms with van der Waals surface area (Å²) in [5.74, 6) is -0.449. The molecule has 1 fully saturated rings. The second-order valence-electron chi connectivity index (χ2n) is 8.10. The molecule has 0 atom stereocenters. The normalized spacial score (nSPS) is 15.3. The summed E-state index contributed by atoms with van der Waals surface area (Å²) in [6, 6.07) is 14.3. The molecule has 8 heteroatoms. The first kappa shape index (κ1) is 23.7. The van der Waals surface area contributed by atoms with Gasteiger partial charge in [0.05, 0.1) is 4.90 Å². The number of likely N-dealkylation sites (tertiary alicyclic amines) is 1. The van der Waals surface area contributed by atoms with Crippen LogP contribution in [0.15, 0.2) is 59.5 Å². The van der Waals surface area contributed by atoms with Crippen molar-refractivity contribution in [3.63, 3.8) is 0 Å². The first-order chi connectivity index (χ1) is 15.2. The summed E-state index contributed by atoms with van der Waals surface area (Å²) in [6.45, 7) is 2.83. The Morgan fingerprint density at radius 2 is 1.72 bits per heavy atom. The van der Waals surface area contributed by atoms with Gasteiger partial charge in [0, 0.05) is 44.9 Å². The monoisotopic (exact) mass is 455 g/mol. The summed E-state index contributed by atoms with van der Waals surface area (Å²) in [6.07, 6.45) is 4.48. The van der Waals surface area contributed by atoms with Crippen LogP contribution in [0.1, 0.15) is 24.0 Å². The van der Waals surface area contributed by atoms with Crippen molar-refractivity contribution >= 4 is 33.6 Å². The SMILES string of the molecule is Cc1ccc(S(=O)(=O)N(C)C)cc1NC(=O)C1CCN(C(=O)/C=C/c2ccccc2)CC1. The van der Waals surface area contributed by atoms with Crippen LogP contribution in [0.3, 0.4) is 0 Å². The van der Waals surface area contributed by atoms with Gasteiger partial charge in [-0.2, -0.15) is 0 Å². The number of aryl methyl sites for hydroxylation is 1. The smallest absolute Gasteiger partial charge is 0.246 e. The molecule has 0 saturated carbocycles. The van der Waals surface area contributed by atoms with Gasteiger partial charge >= 0.3 is 0 Å². The molecule has 1 heterocycles. The number of amides is 2. The quantitative estimate of drug-likeness (QED) is 0.678. The highest BCUT2D eigenvalue weighted by Gasteiger charge is 2.27. The first-order valence-corrected chi connectivity index (χ1v) is 12.0. The molecule has 7 nitrogen and oxygen atoms in total. The third kappa shape index (κ3) is 5.63. The molecule has 3 rings (SSSR count). The maximum Gasteiger partial charge on any atom is 0.246 e. The van der Waals surface area contributed by atoms with E-state index in [-0.39, 0.29) is 22.6 Å². The third-order valence-electron chi connectivity index (χ3n) is 5.64. The lowest BCUT2D eigenvalue weighted by molar-refractivity contribution is -0.130. The van der Waals surface area contributed by atoms with Gasteiger partial charge in [0.15, 0.2) is 0 Å². The van der Waals surface area contributed by atoms with E-state index in [1.165, 1.54) is 26.2 Å². The molecule has 2 aromatic carbocycles. The number of rotatable bonds is 6. The van der Waals surface area contributed by atoms with Crippen LogP contribution in [0.2, 0.25) is 0 Å². The van der Waals surface area contributed by atoms with E-state index in [2.05, 4.69) is 5.32 Å². The summed E-state index contributed by atoms with van der Waals surface area (Å²) >= 11 is 0. The van der Waals surface area contributed by atoms with Crippen LogP contribution in [0, 0.1) is 12.8 Å². The topological polar surface area (TPSA) is 86.8 Å². The third-order valence-corrected chi connectivity index (χ3v) is 7.45. The number of piperidine rings is 1. The van der Waals surface area contributed by atoms with Crippen molar-refractivity contribution in [3.8, 4) is 0 Å². The fraction of sp³-hybridized carbons (Fsp3) is 0.333. The van der Waals surface area contributed by atoms with Gasteiger partial charge < -0.3 is 10.2 Å². The first-order valence-electron chi connectivity index (χ1n) is 10.5. The number of carbonyl (C=O) groups excluding carboxylic acids is 2. The molecule has 2 amide bonds. The molecule has 2 aromatic rings. The van der Waals surface area contributed by atoms with Crippen molar-refractivity contribution in [1.29, 1.82) is 0 Å². The lowest BCUT2D eigenvalue weighted by Crippen LogP contribution is -2.40. The molecule has 0 bridgehead atoms. The van der Waals surface area contributed by atoms with Crippen molar-refractivity contribution in [1.82, 2.24) is 9.21 Å². The van der Waals surface area contributed by atoms with E-state index in [9.17, 15) is 18.0 Å². The fourth-order valence-corrected chi connectivity index (χ4v) is 4.47. The zero-order valence-electron chi connectivity index (χ0n) is 18.6. The average molecular weight is 456 g/mol. The standard InChI is InChI=1S/C24H29N3O4S/c1-18-9-11-21(32(30,31)26(2)3)17-22(18)25-24(29)20-13-15-27(16-14-20)23(28)12-10-19-7-5-4-6-8-19/h4-12,17,20H,13-16H2,1-3H3,(H,25,29)/b12-10+. The van der Waals surface area contributed by atoms with Crippen LogP contribution < -0.4 is 5.32 Å². The fourth-order valence-electron chi connectivity index (χ4n) is 3.54. The Morgan fingerprint density at radius 1 is 1.06 bits per heavy atom. The van der Waals surface area contributed by atoms with Crippen molar-refractivity contribution in [2.75, 3.05) is 32.5 Å². The minimum atomic E-state index is -3.59. The number of hydrogen-bond acceptors (Lipinski definition) is 4. The zero-order valence-corrected chi connectivity index (χ0v) is 19.4. The molecule has 1 N–H and O–H groups in total. The number of anilines is 1. The molecule has 0 radical (unpaired) electrons. The highest BCUT2D eigenvalue weighted by atomic mass is 32.2. The summed E-state index contributed by atoms with van der Waals surface area (Å²) in [5, 5.41) is 2.88. The van der Waals surface area contributed by atoms with Gasteiger partial charge in [0.1, 0.15) is 0 Å². The predicted molar refractivity (Wildman–Crippen MR) is 125 cm³/mol. The van der Waals surface area contributed by atoms with Gasteiger partial charge in [-0.15, -0.1) is 0 Å². The Labute approximate surface area is 189 Å². The van der Waals surface area contributed by atoms with Crippen LogP contribution in [-0.2, 0) is 19.6 Å². The average Bonchev–Trinajstić information content (AvgIpc) is 2.79. The summed E-state index contributed by atoms with van der Waals surface area (Å²) in [5.41, 5.74) is 2.24. The van der Waals surface area contributed by atoms with E-state index in [1.807, 2.05) is 37.3 Å². The Bertz CT molecular complexity index is 1100. The summed E-state index contributed by atoms with van der Waals surface area (Å²) in [4.78, 5) is 27.1. The second-order valence-corrected chi connectivity index (χ2v) is 10.2. The Balaban J connectivity index is 1.59. The van der Waals surface area contributed by atoms with Gasteiger partial charge in [0.25, 0.3) is 0 Å². The Kier molecular flexibility index (Phi) is 7.48. The number of nitrogens with zero attached hydrogens (tertiary/aromatic N) is 2. The molecule has 1 saturated heterocycles. The van der Waals surface area contributed by atoms with E-state index >= 15 is 0 Å². The van der Waals surface area contributed by atoms with E-state index in [0.29, 0.717) is 31.6 Å². The highest BCUT2D eigenvalue weighted by Crippen LogP contribution is 2.25. The number of carbonyl (C=O) groups is 2. The van der Waals surface area contributed by atoms with Crippen LogP contribution in [0.25, 0.3) is 6.08 Å². The van der Waals surface area contributed by atoms with Gasteiger partial charge in [-0.25, -0.2) is 12.7 Å². The predicted octanol–water partition coefficient (Wildman–Crippen LogP) is 3.14. The van der Waals surface area contributed by atoms with Crippen LogP contribution in [-0.4, -0.2) is 56.6 Å². The minimum Gasteiger partial charge on any atom is -0.339 e. The minimum absolute atomic E-state index is 0.0647. The van der Waals surface area contributed by atoms with Crippen molar-refractivity contribution in [3.05, 3.63) is 65.7 Å². The molecule has 0 aromatic heterocycles. The van der Waals surface area contributed by atoms with E-state index < -0.39 is 10.0 Å². The number of benzene rings is 2. The molecule has 0 aliphatic carbocycles. The highest BCUT2D eigenvalue weighted by molar-refractivity contribution is 7.89. The molecule has 1 aliphatic rings. The van der Waals surface area contributed by atoms with E-state index in [1.54, 1.807) is 23.1 Å². The van der Waals surface area contributed by atoms with Crippen molar-refractivity contribution in [2.45, 2.75) is 24.7 Å². The number of sulfonamides is 1. The van der Waals surface area contributed by atoms with Crippen LogP contribution in [0.5, 0.6) is 0 Å². The Hall–Kier alpha value is -2.97. The number of hydrogen-bond donors (Lipinski definition) is 1. The molecule has 170 valence electrons. The maximum atomic E-state index is 12.8. The van der Waals surface area contributed by atoms with Crippen molar-refractivity contribution in [2.24, 2.45) is 5.92 Å². The molecule has 32 heavy (non-hydrogen) atoms. The molecule has 0 unspecified atom stereocenters. The largest absolute Gasteiger partial charge is 0.339 e. The molecular weight excluding hydrogens is 426 g/mol. The summed E-state index contributed by atoms with van der Waals surface area (Å²) in [7, 11) is -0.648. The zero-order chi connectivity index (χ0) is 23.3. The van der Waals surface area contributed by atoms with E-state index in [4.69, 9.17) is 0 Å². The molecular formula is C24H29N3O4S. The van der Waals surface area contributed by atoms with Gasteiger partial charge in [-0.05, 0) is 49.1 Å². The second kappa shape index (κ2) is 10.1. The molecule has 1 aliphatic heterocycles. The number of nitrogens with one attached hydrogen (secondary N) is 1. The maximum absolute atomic E-state index is 12.8. The summed E-state index contributed by atoms with van der Waals surface area (Å²) < 4.78 is 25.9. The lowest BCUT2D eigenvalue weighted by Gasteiger charge is -2.30. The van der Waals surface area contributed by atoms with Crippen LogP contribution in [0.4, 0.5) is 5.69 Å². The Morgan fingerprint density at radius 3 is 2.34 bits per heavy atom. The lowest BCUT2D eigenvalue weighted by atomic mass is 9.95. The van der Waals surface area contributed by atoms with Gasteiger partial charge in [-0.3, -0.25) is 9.59 Å². The molecule has 0 spiro atoms. The van der Waals surface area contributed by atoms with E-state index in [0.717, 1.165) is 15.4 Å².